The van der Waals surface area contributed by atoms with E-state index in [-0.39, 0.29) is 6.29 Å². The van der Waals surface area contributed by atoms with Gasteiger partial charge < -0.3 is 50.4 Å². The molecule has 1 aliphatic heterocycles. The molecule has 1 rings (SSSR count). The van der Waals surface area contributed by atoms with Crippen molar-refractivity contribution in [3.8, 4) is 0 Å². The minimum absolute atomic E-state index is 0.161. The third-order valence-electron chi connectivity index (χ3n) is 3.94. The smallest absolute Gasteiger partial charge is 0.154 e. The number of rotatable bonds is 6. The number of hydrogen-bond donors (Lipinski definition) is 8. The Morgan fingerprint density at radius 1 is 1.14 bits per heavy atom. The van der Waals surface area contributed by atoms with E-state index in [1.165, 1.54) is 6.92 Å². The molecule has 22 heavy (non-hydrogen) atoms. The maximum absolute atomic E-state index is 10.8. The van der Waals surface area contributed by atoms with Crippen molar-refractivity contribution in [2.75, 3.05) is 6.61 Å². The highest BCUT2D eigenvalue weighted by atomic mass is 16.6. The average Bonchev–Trinajstić information content (AvgIpc) is 2.52. The molecule has 8 N–H and O–H groups in total. The Hall–Kier alpha value is -0.690. The summed E-state index contributed by atoms with van der Waals surface area (Å²) in [7, 11) is 0. The van der Waals surface area contributed by atoms with Crippen LogP contribution in [-0.2, 0) is 9.53 Å². The van der Waals surface area contributed by atoms with Crippen LogP contribution in [0.4, 0.5) is 0 Å². The van der Waals surface area contributed by atoms with Crippen molar-refractivity contribution in [2.24, 2.45) is 0 Å². The molecule has 1 saturated heterocycles. The molecule has 0 spiro atoms. The second-order valence-corrected chi connectivity index (χ2v) is 5.40. The van der Waals surface area contributed by atoms with Crippen LogP contribution in [0.15, 0.2) is 0 Å². The van der Waals surface area contributed by atoms with E-state index >= 15 is 0 Å². The van der Waals surface area contributed by atoms with E-state index in [1.54, 1.807) is 0 Å². The van der Waals surface area contributed by atoms with Crippen LogP contribution in [0.25, 0.3) is 0 Å². The third-order valence-corrected chi connectivity index (χ3v) is 3.94. The van der Waals surface area contributed by atoms with E-state index in [4.69, 9.17) is 9.84 Å². The van der Waals surface area contributed by atoms with Gasteiger partial charge in [-0.15, -0.1) is 0 Å². The first-order chi connectivity index (χ1) is 10.1. The van der Waals surface area contributed by atoms with E-state index in [2.05, 4.69) is 0 Å². The molecule has 0 aromatic rings. The number of aliphatic hydroxyl groups excluding tert-OH is 7. The number of carbonyl (C=O) groups is 1. The van der Waals surface area contributed by atoms with Gasteiger partial charge in [-0.3, -0.25) is 0 Å². The first kappa shape index (κ1) is 19.4. The van der Waals surface area contributed by atoms with Crippen LogP contribution < -0.4 is 0 Å². The molecule has 1 heterocycles. The van der Waals surface area contributed by atoms with Crippen molar-refractivity contribution in [3.63, 3.8) is 0 Å². The van der Waals surface area contributed by atoms with Gasteiger partial charge in [-0.25, -0.2) is 0 Å². The lowest BCUT2D eigenvalue weighted by Crippen LogP contribution is -2.72. The van der Waals surface area contributed by atoms with Crippen LogP contribution >= 0.6 is 0 Å². The summed E-state index contributed by atoms with van der Waals surface area (Å²) in [5.41, 5.74) is -2.93. The molecule has 0 aliphatic carbocycles. The number of carbonyl (C=O) groups excluding carboxylic acids is 1. The largest absolute Gasteiger partial charge is 0.394 e. The fourth-order valence-electron chi connectivity index (χ4n) is 2.46. The zero-order chi connectivity index (χ0) is 17.2. The predicted molar refractivity (Wildman–Crippen MR) is 68.5 cm³/mol. The van der Waals surface area contributed by atoms with Gasteiger partial charge in [0.25, 0.3) is 0 Å². The molecule has 10 nitrogen and oxygen atoms in total. The predicted octanol–water partition coefficient (Wildman–Crippen LogP) is -5.14. The molecule has 1 unspecified atom stereocenters. The monoisotopic (exact) mass is 326 g/mol. The lowest BCUT2D eigenvalue weighted by Gasteiger charge is -2.49. The Kier molecular flexibility index (Phi) is 6.38. The number of aliphatic hydroxyl groups is 8. The Labute approximate surface area is 125 Å². The highest BCUT2D eigenvalue weighted by Gasteiger charge is 2.59. The molecule has 0 aromatic heterocycles. The molecular formula is C12H22O10. The molecule has 10 heteroatoms. The van der Waals surface area contributed by atoms with Gasteiger partial charge in [-0.05, 0) is 6.92 Å². The van der Waals surface area contributed by atoms with Crippen molar-refractivity contribution >= 4 is 6.29 Å². The van der Waals surface area contributed by atoms with Gasteiger partial charge in [0.05, 0.1) is 12.7 Å². The fourth-order valence-corrected chi connectivity index (χ4v) is 2.46. The quantitative estimate of drug-likeness (QED) is 0.219. The second kappa shape index (κ2) is 7.25. The SMILES string of the molecule is C[C@@H]1OC([C@](O)([C@H](O)[C@H](O)CO)[C@@H](O)C=O)[C@@H](O)[C@H](O)[C@@H]1O. The lowest BCUT2D eigenvalue weighted by atomic mass is 9.76. The van der Waals surface area contributed by atoms with E-state index in [0.29, 0.717) is 0 Å². The third kappa shape index (κ3) is 3.15. The van der Waals surface area contributed by atoms with E-state index < -0.39 is 61.0 Å². The highest BCUT2D eigenvalue weighted by molar-refractivity contribution is 5.59. The molecule has 0 aromatic carbocycles. The molecule has 9 atom stereocenters. The molecule has 0 bridgehead atoms. The van der Waals surface area contributed by atoms with Gasteiger partial charge >= 0.3 is 0 Å². The molecule has 1 aliphatic rings. The van der Waals surface area contributed by atoms with Crippen LogP contribution in [0.3, 0.4) is 0 Å². The summed E-state index contributed by atoms with van der Waals surface area (Å²) < 4.78 is 5.10. The number of hydrogen-bond acceptors (Lipinski definition) is 10. The van der Waals surface area contributed by atoms with Crippen LogP contribution in [0.2, 0.25) is 0 Å². The molecule has 0 amide bonds. The fraction of sp³-hybridized carbons (Fsp3) is 0.917. The summed E-state index contributed by atoms with van der Waals surface area (Å²) in [6, 6.07) is 0. The van der Waals surface area contributed by atoms with Crippen LogP contribution in [0.5, 0.6) is 0 Å². The normalized spacial score (nSPS) is 39.6. The molecule has 0 saturated carbocycles. The maximum atomic E-state index is 10.8. The summed E-state index contributed by atoms with van der Waals surface area (Å²) in [6.07, 6.45) is -15.0. The Morgan fingerprint density at radius 2 is 1.68 bits per heavy atom. The highest BCUT2D eigenvalue weighted by Crippen LogP contribution is 2.33. The average molecular weight is 326 g/mol. The van der Waals surface area contributed by atoms with Gasteiger partial charge in [0.1, 0.15) is 42.7 Å². The minimum atomic E-state index is -2.93. The van der Waals surface area contributed by atoms with E-state index in [0.717, 1.165) is 0 Å². The number of aldehydes is 1. The topological polar surface area (TPSA) is 188 Å². The van der Waals surface area contributed by atoms with Gasteiger partial charge in [0, 0.05) is 0 Å². The van der Waals surface area contributed by atoms with Crippen LogP contribution in [0.1, 0.15) is 6.92 Å². The first-order valence-corrected chi connectivity index (χ1v) is 6.65. The zero-order valence-corrected chi connectivity index (χ0v) is 11.8. The van der Waals surface area contributed by atoms with Gasteiger partial charge in [0.15, 0.2) is 11.9 Å². The Bertz CT molecular complexity index is 379. The summed E-state index contributed by atoms with van der Waals surface area (Å²) in [5, 5.41) is 77.7. The zero-order valence-electron chi connectivity index (χ0n) is 11.8. The molecule has 1 fully saturated rings. The van der Waals surface area contributed by atoms with Crippen LogP contribution in [0, 0.1) is 0 Å². The van der Waals surface area contributed by atoms with E-state index in [1.807, 2.05) is 0 Å². The van der Waals surface area contributed by atoms with Crippen molar-refractivity contribution in [2.45, 2.75) is 61.4 Å². The lowest BCUT2D eigenvalue weighted by molar-refractivity contribution is -0.300. The molecule has 130 valence electrons. The standard InChI is InChI=1S/C12H22O10/c1-4-7(17)8(18)9(19)11(22-4)12(21,6(16)3-14)10(20)5(15)2-13/h3-11,13,15-21H,2H2,1H3/t4-,5+,6-,7+,8+,9-,10+,11?,12+/m0/s1. The summed E-state index contributed by atoms with van der Waals surface area (Å²) in [4.78, 5) is 10.8. The van der Waals surface area contributed by atoms with Crippen molar-refractivity contribution in [1.82, 2.24) is 0 Å². The first-order valence-electron chi connectivity index (χ1n) is 6.65. The van der Waals surface area contributed by atoms with E-state index in [9.17, 15) is 40.5 Å². The molecule has 0 radical (unpaired) electrons. The van der Waals surface area contributed by atoms with Gasteiger partial charge in [-0.2, -0.15) is 0 Å². The molecular weight excluding hydrogens is 304 g/mol. The Morgan fingerprint density at radius 3 is 2.14 bits per heavy atom. The summed E-state index contributed by atoms with van der Waals surface area (Å²) in [5.74, 6) is 0. The van der Waals surface area contributed by atoms with Gasteiger partial charge in [0.2, 0.25) is 0 Å². The Balaban J connectivity index is 3.24. The van der Waals surface area contributed by atoms with Crippen molar-refractivity contribution in [1.29, 1.82) is 0 Å². The van der Waals surface area contributed by atoms with Crippen molar-refractivity contribution < 1.29 is 50.4 Å². The van der Waals surface area contributed by atoms with Crippen LogP contribution in [-0.4, -0.2) is 108 Å². The second-order valence-electron chi connectivity index (χ2n) is 5.40. The minimum Gasteiger partial charge on any atom is -0.394 e. The van der Waals surface area contributed by atoms with Crippen molar-refractivity contribution in [3.05, 3.63) is 0 Å². The van der Waals surface area contributed by atoms with Gasteiger partial charge in [-0.1, -0.05) is 0 Å². The maximum Gasteiger partial charge on any atom is 0.154 e. The summed E-state index contributed by atoms with van der Waals surface area (Å²) >= 11 is 0. The number of ether oxygens (including phenoxy) is 1. The summed E-state index contributed by atoms with van der Waals surface area (Å²) in [6.45, 7) is 0.272.